The minimum atomic E-state index is 0.670. The fraction of sp³-hybridized carbons (Fsp3) is 0.286. The van der Waals surface area contributed by atoms with E-state index in [1.165, 1.54) is 0 Å². The highest BCUT2D eigenvalue weighted by Gasteiger charge is 1.98. The average molecular weight is 299 g/mol. The molecule has 1 aromatic heterocycles. The summed E-state index contributed by atoms with van der Waals surface area (Å²) in [5, 5.41) is 1.61. The fourth-order valence-electron chi connectivity index (χ4n) is 0.707. The summed E-state index contributed by atoms with van der Waals surface area (Å²) in [4.78, 5) is 4.06. The first-order valence-corrected chi connectivity index (χ1v) is 5.39. The summed E-state index contributed by atoms with van der Waals surface area (Å²) in [5.41, 5.74) is 1.15. The first kappa shape index (κ1) is 9.49. The number of rotatable bonds is 2. The molecule has 60 valence electrons. The minimum absolute atomic E-state index is 0.670. The number of hydrogen-bond donors (Lipinski definition) is 0. The molecule has 11 heavy (non-hydrogen) atoms. The normalized spacial score (nSPS) is 10.1. The Kier molecular flexibility index (Phi) is 3.82. The van der Waals surface area contributed by atoms with Gasteiger partial charge >= 0.3 is 0 Å². The van der Waals surface area contributed by atoms with Gasteiger partial charge in [-0.1, -0.05) is 27.5 Å². The van der Waals surface area contributed by atoms with Gasteiger partial charge in [-0.3, -0.25) is 0 Å². The number of alkyl halides is 1. The third kappa shape index (κ3) is 2.73. The van der Waals surface area contributed by atoms with Gasteiger partial charge < -0.3 is 0 Å². The molecule has 0 amide bonds. The third-order valence-electron chi connectivity index (χ3n) is 1.24. The van der Waals surface area contributed by atoms with E-state index in [0.29, 0.717) is 9.63 Å². The zero-order valence-corrected chi connectivity index (χ0v) is 9.58. The lowest BCUT2D eigenvalue weighted by Gasteiger charge is -1.98. The van der Waals surface area contributed by atoms with Crippen LogP contribution in [0.1, 0.15) is 5.56 Å². The largest absolute Gasteiger partial charge is 0.247 e. The van der Waals surface area contributed by atoms with Gasteiger partial charge in [-0.25, -0.2) is 4.98 Å². The molecule has 0 aliphatic carbocycles. The van der Waals surface area contributed by atoms with E-state index >= 15 is 0 Å². The fourth-order valence-corrected chi connectivity index (χ4v) is 1.57. The van der Waals surface area contributed by atoms with E-state index < -0.39 is 0 Å². The molecule has 0 atom stereocenters. The van der Waals surface area contributed by atoms with Gasteiger partial charge in [0.15, 0.2) is 0 Å². The quantitative estimate of drug-likeness (QED) is 0.602. The molecule has 0 saturated heterocycles. The van der Waals surface area contributed by atoms with Gasteiger partial charge in [0.1, 0.15) is 4.60 Å². The lowest BCUT2D eigenvalue weighted by Crippen LogP contribution is -1.87. The monoisotopic (exact) mass is 297 g/mol. The number of aryl methyl sites for hydroxylation is 1. The van der Waals surface area contributed by atoms with E-state index in [1.54, 1.807) is 0 Å². The predicted octanol–water partition coefficient (Wildman–Crippen LogP) is 3.43. The molecule has 0 bridgehead atoms. The zero-order valence-electron chi connectivity index (χ0n) is 5.65. The molecule has 1 aromatic rings. The maximum atomic E-state index is 5.82. The Morgan fingerprint density at radius 3 is 2.82 bits per heavy atom. The molecular weight excluding hydrogens is 293 g/mol. The molecule has 1 nitrogen and oxygen atoms in total. The Labute approximate surface area is 87.4 Å². The Bertz CT molecular complexity index is 252. The SMILES string of the molecule is Clc1cc(CCBr)cnc1Br. The van der Waals surface area contributed by atoms with Crippen LogP contribution in [-0.4, -0.2) is 10.3 Å². The highest BCUT2D eigenvalue weighted by molar-refractivity contribution is 9.10. The summed E-state index contributed by atoms with van der Waals surface area (Å²) in [6, 6.07) is 1.92. The Hall–Kier alpha value is 0.400. The highest BCUT2D eigenvalue weighted by atomic mass is 79.9. The van der Waals surface area contributed by atoms with Crippen LogP contribution in [0.4, 0.5) is 0 Å². The molecule has 0 spiro atoms. The molecular formula is C7H6Br2ClN. The molecule has 0 aromatic carbocycles. The van der Waals surface area contributed by atoms with E-state index in [-0.39, 0.29) is 0 Å². The van der Waals surface area contributed by atoms with E-state index in [4.69, 9.17) is 11.6 Å². The van der Waals surface area contributed by atoms with Crippen molar-refractivity contribution in [3.63, 3.8) is 0 Å². The molecule has 1 heterocycles. The summed E-state index contributed by atoms with van der Waals surface area (Å²) in [6.45, 7) is 0. The van der Waals surface area contributed by atoms with Crippen molar-refractivity contribution in [1.29, 1.82) is 0 Å². The van der Waals surface area contributed by atoms with Gasteiger partial charge in [-0.15, -0.1) is 0 Å². The van der Waals surface area contributed by atoms with Gasteiger partial charge in [0.25, 0.3) is 0 Å². The van der Waals surface area contributed by atoms with Crippen molar-refractivity contribution >= 4 is 43.5 Å². The Morgan fingerprint density at radius 1 is 1.55 bits per heavy atom. The first-order chi connectivity index (χ1) is 5.24. The Morgan fingerprint density at radius 2 is 2.27 bits per heavy atom. The highest BCUT2D eigenvalue weighted by Crippen LogP contribution is 2.20. The molecule has 0 aliphatic rings. The lowest BCUT2D eigenvalue weighted by molar-refractivity contribution is 1.11. The van der Waals surface area contributed by atoms with Gasteiger partial charge in [0, 0.05) is 11.5 Å². The molecule has 0 radical (unpaired) electrons. The minimum Gasteiger partial charge on any atom is -0.247 e. The molecule has 0 unspecified atom stereocenters. The van der Waals surface area contributed by atoms with Crippen LogP contribution >= 0.6 is 43.5 Å². The van der Waals surface area contributed by atoms with Gasteiger partial charge in [-0.05, 0) is 34.0 Å². The molecule has 0 aliphatic heterocycles. The molecule has 0 saturated carbocycles. The molecule has 0 N–H and O–H groups in total. The standard InChI is InChI=1S/C7H6Br2ClN/c8-2-1-5-3-6(10)7(9)11-4-5/h3-4H,1-2H2. The van der Waals surface area contributed by atoms with Gasteiger partial charge in [0.2, 0.25) is 0 Å². The van der Waals surface area contributed by atoms with Crippen LogP contribution in [-0.2, 0) is 6.42 Å². The zero-order chi connectivity index (χ0) is 8.27. The van der Waals surface area contributed by atoms with Crippen LogP contribution in [0.5, 0.6) is 0 Å². The lowest BCUT2D eigenvalue weighted by atomic mass is 10.2. The number of pyridine rings is 1. The van der Waals surface area contributed by atoms with Crippen LogP contribution in [0, 0.1) is 0 Å². The molecule has 0 fully saturated rings. The van der Waals surface area contributed by atoms with Crippen LogP contribution in [0.2, 0.25) is 5.02 Å². The topological polar surface area (TPSA) is 12.9 Å². The number of nitrogens with zero attached hydrogens (tertiary/aromatic N) is 1. The second kappa shape index (κ2) is 4.43. The van der Waals surface area contributed by atoms with Gasteiger partial charge in [0.05, 0.1) is 5.02 Å². The van der Waals surface area contributed by atoms with Crippen molar-refractivity contribution in [2.24, 2.45) is 0 Å². The average Bonchev–Trinajstić information content (AvgIpc) is 1.98. The van der Waals surface area contributed by atoms with E-state index in [9.17, 15) is 0 Å². The number of halogens is 3. The van der Waals surface area contributed by atoms with E-state index in [0.717, 1.165) is 17.3 Å². The summed E-state index contributed by atoms with van der Waals surface area (Å²) in [5.74, 6) is 0. The molecule has 4 heteroatoms. The molecule has 1 rings (SSSR count). The number of aromatic nitrogens is 1. The van der Waals surface area contributed by atoms with Crippen molar-refractivity contribution < 1.29 is 0 Å². The summed E-state index contributed by atoms with van der Waals surface area (Å²) in [6.07, 6.45) is 2.78. The summed E-state index contributed by atoms with van der Waals surface area (Å²) in [7, 11) is 0. The van der Waals surface area contributed by atoms with Crippen LogP contribution < -0.4 is 0 Å². The number of hydrogen-bond acceptors (Lipinski definition) is 1. The van der Waals surface area contributed by atoms with Crippen molar-refractivity contribution in [2.75, 3.05) is 5.33 Å². The smallest absolute Gasteiger partial charge is 0.124 e. The summed E-state index contributed by atoms with van der Waals surface area (Å²) >= 11 is 12.4. The van der Waals surface area contributed by atoms with Crippen molar-refractivity contribution in [3.05, 3.63) is 27.5 Å². The van der Waals surface area contributed by atoms with Crippen molar-refractivity contribution in [2.45, 2.75) is 6.42 Å². The third-order valence-corrected chi connectivity index (χ3v) is 2.78. The Balaban J connectivity index is 2.86. The van der Waals surface area contributed by atoms with E-state index in [2.05, 4.69) is 36.8 Å². The van der Waals surface area contributed by atoms with Crippen LogP contribution in [0.3, 0.4) is 0 Å². The predicted molar refractivity (Wildman–Crippen MR) is 54.4 cm³/mol. The maximum absolute atomic E-state index is 5.82. The van der Waals surface area contributed by atoms with Crippen LogP contribution in [0.25, 0.3) is 0 Å². The van der Waals surface area contributed by atoms with Crippen molar-refractivity contribution in [3.8, 4) is 0 Å². The summed E-state index contributed by atoms with van der Waals surface area (Å²) < 4.78 is 0.706. The first-order valence-electron chi connectivity index (χ1n) is 3.10. The van der Waals surface area contributed by atoms with Crippen LogP contribution in [0.15, 0.2) is 16.9 Å². The second-order valence-electron chi connectivity index (χ2n) is 2.06. The maximum Gasteiger partial charge on any atom is 0.124 e. The van der Waals surface area contributed by atoms with Gasteiger partial charge in [-0.2, -0.15) is 0 Å². The van der Waals surface area contributed by atoms with Crippen molar-refractivity contribution in [1.82, 2.24) is 4.98 Å². The van der Waals surface area contributed by atoms with E-state index in [1.807, 2.05) is 12.3 Å². The second-order valence-corrected chi connectivity index (χ2v) is 4.01.